The molecule has 10 nitrogen and oxygen atoms in total. The molecule has 0 bridgehead atoms. The number of anilines is 1. The van der Waals surface area contributed by atoms with E-state index in [-0.39, 0.29) is 12.5 Å². The number of benzene rings is 2. The van der Waals surface area contributed by atoms with Crippen molar-refractivity contribution in [3.63, 3.8) is 0 Å². The average Bonchev–Trinajstić information content (AvgIpc) is 3.56. The molecule has 4 heterocycles. The Labute approximate surface area is 177 Å². The first-order chi connectivity index (χ1) is 15.3. The smallest absolute Gasteiger partial charge is 0.326 e. The van der Waals surface area contributed by atoms with Crippen LogP contribution < -0.4 is 20.1 Å². The van der Waals surface area contributed by atoms with Crippen molar-refractivity contribution < 1.29 is 9.47 Å². The minimum absolute atomic E-state index is 0.125. The SMILES string of the molecule is O=c1[nH]c2ccccc2n1CCn1nnnc1N1CCC(c2ccc3c(c2)OCO3)C1. The van der Waals surface area contributed by atoms with Gasteiger partial charge in [0.25, 0.3) is 0 Å². The maximum atomic E-state index is 12.3. The minimum atomic E-state index is -0.125. The van der Waals surface area contributed by atoms with Gasteiger partial charge in [0.1, 0.15) is 0 Å². The lowest BCUT2D eigenvalue weighted by atomic mass is 9.98. The van der Waals surface area contributed by atoms with Gasteiger partial charge in [-0.2, -0.15) is 0 Å². The highest BCUT2D eigenvalue weighted by molar-refractivity contribution is 5.74. The van der Waals surface area contributed by atoms with E-state index in [9.17, 15) is 4.79 Å². The van der Waals surface area contributed by atoms with Crippen LogP contribution in [-0.4, -0.2) is 49.6 Å². The molecule has 0 radical (unpaired) electrons. The van der Waals surface area contributed by atoms with Crippen LogP contribution in [0.3, 0.4) is 0 Å². The summed E-state index contributed by atoms with van der Waals surface area (Å²) in [4.78, 5) is 17.4. The number of ether oxygens (including phenoxy) is 2. The maximum Gasteiger partial charge on any atom is 0.326 e. The van der Waals surface area contributed by atoms with Crippen molar-refractivity contribution in [3.05, 3.63) is 58.5 Å². The fourth-order valence-electron chi connectivity index (χ4n) is 4.48. The van der Waals surface area contributed by atoms with Crippen LogP contribution in [0.2, 0.25) is 0 Å². The second-order valence-corrected chi connectivity index (χ2v) is 7.85. The monoisotopic (exact) mass is 419 g/mol. The van der Waals surface area contributed by atoms with Gasteiger partial charge in [0, 0.05) is 25.6 Å². The Balaban J connectivity index is 1.18. The van der Waals surface area contributed by atoms with E-state index < -0.39 is 0 Å². The highest BCUT2D eigenvalue weighted by Gasteiger charge is 2.28. The molecule has 2 aromatic carbocycles. The molecule has 1 saturated heterocycles. The zero-order chi connectivity index (χ0) is 20.8. The Kier molecular flexibility index (Phi) is 4.15. The summed E-state index contributed by atoms with van der Waals surface area (Å²) in [5.74, 6) is 2.71. The number of nitrogens with one attached hydrogen (secondary N) is 1. The molecule has 0 spiro atoms. The molecule has 1 atom stereocenters. The minimum Gasteiger partial charge on any atom is -0.454 e. The lowest BCUT2D eigenvalue weighted by molar-refractivity contribution is 0.174. The van der Waals surface area contributed by atoms with Crippen molar-refractivity contribution in [1.82, 2.24) is 29.8 Å². The molecule has 1 unspecified atom stereocenters. The molecule has 4 aromatic rings. The van der Waals surface area contributed by atoms with E-state index >= 15 is 0 Å². The van der Waals surface area contributed by atoms with E-state index in [1.54, 1.807) is 9.25 Å². The molecular weight excluding hydrogens is 398 g/mol. The molecule has 0 aliphatic carbocycles. The molecule has 158 valence electrons. The van der Waals surface area contributed by atoms with Crippen LogP contribution in [-0.2, 0) is 13.1 Å². The molecule has 0 amide bonds. The van der Waals surface area contributed by atoms with Crippen molar-refractivity contribution >= 4 is 17.0 Å². The predicted octanol–water partition coefficient (Wildman–Crippen LogP) is 1.74. The number of tetrazole rings is 1. The van der Waals surface area contributed by atoms with Gasteiger partial charge in [0.2, 0.25) is 12.7 Å². The molecule has 2 aliphatic heterocycles. The molecule has 2 aromatic heterocycles. The van der Waals surface area contributed by atoms with E-state index in [0.29, 0.717) is 19.0 Å². The van der Waals surface area contributed by atoms with Crippen LogP contribution in [0, 0.1) is 0 Å². The number of aryl methyl sites for hydroxylation is 2. The van der Waals surface area contributed by atoms with Crippen LogP contribution in [0.5, 0.6) is 11.5 Å². The van der Waals surface area contributed by atoms with Gasteiger partial charge in [-0.25, -0.2) is 9.48 Å². The van der Waals surface area contributed by atoms with Gasteiger partial charge in [0.05, 0.1) is 17.6 Å². The summed E-state index contributed by atoms with van der Waals surface area (Å²) in [5, 5.41) is 12.3. The van der Waals surface area contributed by atoms with Gasteiger partial charge < -0.3 is 19.4 Å². The van der Waals surface area contributed by atoms with Gasteiger partial charge in [-0.1, -0.05) is 23.3 Å². The van der Waals surface area contributed by atoms with Gasteiger partial charge in [-0.3, -0.25) is 4.57 Å². The van der Waals surface area contributed by atoms with E-state index in [2.05, 4.69) is 37.5 Å². The standard InChI is InChI=1S/C21H21N7O3/c29-21-22-16-3-1-2-4-17(16)27(21)9-10-28-20(23-24-25-28)26-8-7-15(12-26)14-5-6-18-19(11-14)31-13-30-18/h1-6,11,15H,7-10,12-13H2,(H,22,29). The number of H-pyrrole nitrogens is 1. The van der Waals surface area contributed by atoms with E-state index in [1.165, 1.54) is 5.56 Å². The molecule has 0 saturated carbocycles. The zero-order valence-corrected chi connectivity index (χ0v) is 16.8. The fourth-order valence-corrected chi connectivity index (χ4v) is 4.48. The quantitative estimate of drug-likeness (QED) is 0.526. The Morgan fingerprint density at radius 2 is 2.00 bits per heavy atom. The number of nitrogens with zero attached hydrogens (tertiary/aromatic N) is 6. The Hall–Kier alpha value is -3.82. The Morgan fingerprint density at radius 3 is 2.97 bits per heavy atom. The van der Waals surface area contributed by atoms with Gasteiger partial charge in [0.15, 0.2) is 11.5 Å². The second-order valence-electron chi connectivity index (χ2n) is 7.85. The van der Waals surface area contributed by atoms with Crippen molar-refractivity contribution in [2.24, 2.45) is 0 Å². The van der Waals surface area contributed by atoms with E-state index in [1.807, 2.05) is 30.3 Å². The fraction of sp³-hybridized carbons (Fsp3) is 0.333. The number of rotatable bonds is 5. The second kappa shape index (κ2) is 7.15. The van der Waals surface area contributed by atoms with Crippen molar-refractivity contribution in [2.45, 2.75) is 25.4 Å². The molecule has 6 rings (SSSR count). The predicted molar refractivity (Wildman–Crippen MR) is 113 cm³/mol. The zero-order valence-electron chi connectivity index (χ0n) is 16.8. The van der Waals surface area contributed by atoms with E-state index in [4.69, 9.17) is 9.47 Å². The van der Waals surface area contributed by atoms with Gasteiger partial charge in [-0.05, 0) is 46.7 Å². The lowest BCUT2D eigenvalue weighted by Gasteiger charge is -2.17. The lowest BCUT2D eigenvalue weighted by Crippen LogP contribution is -2.26. The van der Waals surface area contributed by atoms with Crippen LogP contribution in [0.1, 0.15) is 17.9 Å². The van der Waals surface area contributed by atoms with Crippen LogP contribution >= 0.6 is 0 Å². The molecule has 10 heteroatoms. The number of hydrogen-bond donors (Lipinski definition) is 1. The van der Waals surface area contributed by atoms with Crippen molar-refractivity contribution in [1.29, 1.82) is 0 Å². The summed E-state index contributed by atoms with van der Waals surface area (Å²) in [7, 11) is 0. The highest BCUT2D eigenvalue weighted by atomic mass is 16.7. The van der Waals surface area contributed by atoms with Crippen LogP contribution in [0.25, 0.3) is 11.0 Å². The summed E-state index contributed by atoms with van der Waals surface area (Å²) in [5.41, 5.74) is 2.82. The van der Waals surface area contributed by atoms with Crippen LogP contribution in [0.15, 0.2) is 47.3 Å². The number of hydrogen-bond acceptors (Lipinski definition) is 7. The third-order valence-electron chi connectivity index (χ3n) is 6.07. The third-order valence-corrected chi connectivity index (χ3v) is 6.07. The van der Waals surface area contributed by atoms with Crippen molar-refractivity contribution in [3.8, 4) is 11.5 Å². The number of fused-ring (bicyclic) bond motifs is 2. The van der Waals surface area contributed by atoms with Crippen LogP contribution in [0.4, 0.5) is 5.95 Å². The number of para-hydroxylation sites is 2. The summed E-state index contributed by atoms with van der Waals surface area (Å²) in [6.45, 7) is 2.97. The molecule has 1 N–H and O–H groups in total. The average molecular weight is 419 g/mol. The largest absolute Gasteiger partial charge is 0.454 e. The topological polar surface area (TPSA) is 103 Å². The molecule has 1 fully saturated rings. The van der Waals surface area contributed by atoms with E-state index in [0.717, 1.165) is 48.0 Å². The summed E-state index contributed by atoms with van der Waals surface area (Å²) in [6.07, 6.45) is 1.01. The molecule has 2 aliphatic rings. The van der Waals surface area contributed by atoms with Gasteiger partial charge >= 0.3 is 5.69 Å². The summed E-state index contributed by atoms with van der Waals surface area (Å²) >= 11 is 0. The van der Waals surface area contributed by atoms with Crippen molar-refractivity contribution in [2.75, 3.05) is 24.8 Å². The first-order valence-corrected chi connectivity index (χ1v) is 10.3. The number of aromatic amines is 1. The summed E-state index contributed by atoms with van der Waals surface area (Å²) < 4.78 is 14.4. The third kappa shape index (κ3) is 3.11. The Bertz CT molecular complexity index is 1310. The Morgan fingerprint density at radius 1 is 1.10 bits per heavy atom. The summed E-state index contributed by atoms with van der Waals surface area (Å²) in [6, 6.07) is 13.8. The number of aromatic nitrogens is 6. The normalized spacial score (nSPS) is 17.7. The molecular formula is C21H21N7O3. The van der Waals surface area contributed by atoms with Gasteiger partial charge in [-0.15, -0.1) is 0 Å². The maximum absolute atomic E-state index is 12.3. The highest BCUT2D eigenvalue weighted by Crippen LogP contribution is 2.37. The first kappa shape index (κ1) is 18.0. The number of imidazole rings is 1. The first-order valence-electron chi connectivity index (χ1n) is 10.3. The molecule has 31 heavy (non-hydrogen) atoms.